The molecule has 0 aromatic carbocycles. The average molecular weight is 473 g/mol. The van der Waals surface area contributed by atoms with Gasteiger partial charge in [-0.05, 0) is 116 Å². The van der Waals surface area contributed by atoms with Crippen molar-refractivity contribution < 1.29 is 19.0 Å². The van der Waals surface area contributed by atoms with Crippen LogP contribution in [0.25, 0.3) is 0 Å². The maximum absolute atomic E-state index is 11.6. The molecular weight excluding hydrogens is 424 g/mol. The molecule has 12 atom stereocenters. The molecule has 4 aliphatic carbocycles. The number of ether oxygens (including phenoxy) is 3. The summed E-state index contributed by atoms with van der Waals surface area (Å²) in [5, 5.41) is 0. The normalized spacial score (nSPS) is 56.7. The molecule has 0 bridgehead atoms. The second-order valence-electron chi connectivity index (χ2n) is 14.1. The highest BCUT2D eigenvalue weighted by Crippen LogP contribution is 2.70. The van der Waals surface area contributed by atoms with Crippen LogP contribution in [0.15, 0.2) is 0 Å². The third-order valence-electron chi connectivity index (χ3n) is 12.6. The first-order chi connectivity index (χ1) is 16.2. The van der Waals surface area contributed by atoms with Crippen molar-refractivity contribution >= 4 is 5.97 Å². The minimum Gasteiger partial charge on any atom is -0.463 e. The molecule has 2 heterocycles. The summed E-state index contributed by atoms with van der Waals surface area (Å²) < 4.78 is 19.0. The van der Waals surface area contributed by atoms with E-state index >= 15 is 0 Å². The Hall–Kier alpha value is -0.610. The lowest BCUT2D eigenvalue weighted by molar-refractivity contribution is -0.236. The second kappa shape index (κ2) is 8.20. The number of hydrogen-bond donors (Lipinski definition) is 0. The number of carbonyl (C=O) groups excluding carboxylic acids is 1. The lowest BCUT2D eigenvalue weighted by atomic mass is 9.44. The maximum atomic E-state index is 11.6. The van der Waals surface area contributed by atoms with Gasteiger partial charge >= 0.3 is 5.97 Å². The van der Waals surface area contributed by atoms with E-state index in [0.29, 0.717) is 28.8 Å². The molecule has 4 unspecified atom stereocenters. The first kappa shape index (κ1) is 23.8. The molecule has 2 saturated heterocycles. The quantitative estimate of drug-likeness (QED) is 0.414. The number of fused-ring (bicyclic) bond motifs is 7. The van der Waals surface area contributed by atoms with Gasteiger partial charge in [-0.15, -0.1) is 0 Å². The molecule has 4 saturated carbocycles. The van der Waals surface area contributed by atoms with E-state index in [0.717, 1.165) is 55.6 Å². The van der Waals surface area contributed by atoms with Crippen LogP contribution in [0.1, 0.15) is 98.8 Å². The third kappa shape index (κ3) is 3.40. The summed E-state index contributed by atoms with van der Waals surface area (Å²) >= 11 is 0. The summed E-state index contributed by atoms with van der Waals surface area (Å²) in [6, 6.07) is 0. The molecule has 4 heteroatoms. The Labute approximate surface area is 207 Å². The van der Waals surface area contributed by atoms with Gasteiger partial charge in [0.25, 0.3) is 0 Å². The van der Waals surface area contributed by atoms with Gasteiger partial charge in [0.05, 0.1) is 18.3 Å². The van der Waals surface area contributed by atoms with Crippen LogP contribution in [0, 0.1) is 52.3 Å². The molecule has 0 radical (unpaired) electrons. The number of esters is 1. The summed E-state index contributed by atoms with van der Waals surface area (Å²) in [5.74, 6) is 5.06. The van der Waals surface area contributed by atoms with Gasteiger partial charge in [-0.25, -0.2) is 0 Å². The average Bonchev–Trinajstić information content (AvgIpc) is 3.09. The number of carbonyl (C=O) groups is 1. The maximum Gasteiger partial charge on any atom is 0.302 e. The van der Waals surface area contributed by atoms with E-state index < -0.39 is 0 Å². The zero-order valence-corrected chi connectivity index (χ0v) is 22.3. The highest BCUT2D eigenvalue weighted by molar-refractivity contribution is 5.66. The van der Waals surface area contributed by atoms with Crippen molar-refractivity contribution in [2.45, 2.75) is 117 Å². The van der Waals surface area contributed by atoms with Crippen LogP contribution in [0.5, 0.6) is 0 Å². The fourth-order valence-corrected chi connectivity index (χ4v) is 11.0. The molecule has 0 aromatic rings. The molecule has 6 fully saturated rings. The minimum absolute atomic E-state index is 0.0493. The molecule has 6 aliphatic rings. The van der Waals surface area contributed by atoms with E-state index in [2.05, 4.69) is 27.7 Å². The summed E-state index contributed by atoms with van der Waals surface area (Å²) in [6.07, 6.45) is 13.0. The summed E-state index contributed by atoms with van der Waals surface area (Å²) in [6.45, 7) is 13.5. The van der Waals surface area contributed by atoms with Gasteiger partial charge in [0.2, 0.25) is 0 Å². The Morgan fingerprint density at radius 1 is 0.941 bits per heavy atom. The number of rotatable bonds is 1. The molecule has 0 aromatic heterocycles. The topological polar surface area (TPSA) is 44.8 Å². The van der Waals surface area contributed by atoms with Crippen molar-refractivity contribution in [3.8, 4) is 0 Å². The zero-order chi connectivity index (χ0) is 23.9. The van der Waals surface area contributed by atoms with Gasteiger partial charge in [-0.3, -0.25) is 4.79 Å². The van der Waals surface area contributed by atoms with Gasteiger partial charge in [-0.1, -0.05) is 27.7 Å². The fraction of sp³-hybridized carbons (Fsp3) is 0.967. The van der Waals surface area contributed by atoms with Crippen molar-refractivity contribution in [1.82, 2.24) is 0 Å². The molecule has 0 N–H and O–H groups in total. The largest absolute Gasteiger partial charge is 0.463 e. The van der Waals surface area contributed by atoms with E-state index in [4.69, 9.17) is 14.2 Å². The van der Waals surface area contributed by atoms with Crippen LogP contribution in [-0.2, 0) is 19.0 Å². The van der Waals surface area contributed by atoms with Gasteiger partial charge < -0.3 is 14.2 Å². The van der Waals surface area contributed by atoms with E-state index in [-0.39, 0.29) is 17.7 Å². The van der Waals surface area contributed by atoms with Gasteiger partial charge in [0.1, 0.15) is 6.10 Å². The lowest BCUT2D eigenvalue weighted by Crippen LogP contribution is -2.60. The van der Waals surface area contributed by atoms with Crippen LogP contribution in [0.3, 0.4) is 0 Å². The Kier molecular flexibility index (Phi) is 5.73. The minimum atomic E-state index is -0.104. The van der Waals surface area contributed by atoms with E-state index in [1.165, 1.54) is 51.4 Å². The first-order valence-corrected chi connectivity index (χ1v) is 14.6. The molecule has 6 rings (SSSR count). The molecule has 0 amide bonds. The van der Waals surface area contributed by atoms with Crippen LogP contribution >= 0.6 is 0 Å². The van der Waals surface area contributed by atoms with Crippen molar-refractivity contribution in [1.29, 1.82) is 0 Å². The van der Waals surface area contributed by atoms with Gasteiger partial charge in [0.15, 0.2) is 0 Å². The highest BCUT2D eigenvalue weighted by Gasteiger charge is 2.66. The van der Waals surface area contributed by atoms with Crippen LogP contribution in [0.4, 0.5) is 0 Å². The second-order valence-corrected chi connectivity index (χ2v) is 14.1. The fourth-order valence-electron chi connectivity index (χ4n) is 11.0. The molecule has 4 nitrogen and oxygen atoms in total. The summed E-state index contributed by atoms with van der Waals surface area (Å²) in [4.78, 5) is 11.6. The van der Waals surface area contributed by atoms with Crippen molar-refractivity contribution in [3.05, 3.63) is 0 Å². The smallest absolute Gasteiger partial charge is 0.302 e. The molecule has 34 heavy (non-hydrogen) atoms. The van der Waals surface area contributed by atoms with Crippen LogP contribution < -0.4 is 0 Å². The van der Waals surface area contributed by atoms with Crippen molar-refractivity contribution in [3.63, 3.8) is 0 Å². The van der Waals surface area contributed by atoms with Gasteiger partial charge in [-0.2, -0.15) is 0 Å². The van der Waals surface area contributed by atoms with E-state index in [1.807, 2.05) is 0 Å². The van der Waals surface area contributed by atoms with Crippen molar-refractivity contribution in [2.24, 2.45) is 52.3 Å². The molecule has 192 valence electrons. The summed E-state index contributed by atoms with van der Waals surface area (Å²) in [5.41, 5.74) is 0.761. The highest BCUT2D eigenvalue weighted by atomic mass is 16.6. The van der Waals surface area contributed by atoms with Crippen LogP contribution in [0.2, 0.25) is 0 Å². The van der Waals surface area contributed by atoms with Gasteiger partial charge in [0, 0.05) is 13.5 Å². The molecular formula is C30H48O4. The Balaban J connectivity index is 1.23. The van der Waals surface area contributed by atoms with E-state index in [1.54, 1.807) is 6.92 Å². The molecule has 1 spiro atoms. The monoisotopic (exact) mass is 472 g/mol. The Morgan fingerprint density at radius 3 is 2.50 bits per heavy atom. The zero-order valence-electron chi connectivity index (χ0n) is 22.3. The third-order valence-corrected chi connectivity index (χ3v) is 12.6. The standard InChI is InChI=1S/C30H48O4/c1-18-10-13-33-30(16-18)17-32-26-15-25-23-7-6-21-14-22(34-20(3)31)8-11-28(21,4)24(23)9-12-29(25,5)27(26)19(30)2/h18-19,21-27H,6-17H2,1-5H3/t18-,19-,21-,22?,23?,24?,25?,26-,27-,28-,29-,30+/m0/s1. The van der Waals surface area contributed by atoms with Crippen LogP contribution in [-0.4, -0.2) is 37.0 Å². The first-order valence-electron chi connectivity index (χ1n) is 14.6. The van der Waals surface area contributed by atoms with Crippen molar-refractivity contribution in [2.75, 3.05) is 13.2 Å². The number of hydrogen-bond acceptors (Lipinski definition) is 4. The lowest BCUT2D eigenvalue weighted by Gasteiger charge is -2.62. The summed E-state index contributed by atoms with van der Waals surface area (Å²) in [7, 11) is 0. The predicted octanol–water partition coefficient (Wildman–Crippen LogP) is 6.41. The SMILES string of the molecule is CC(=O)OC1CC[C@]2(C)C3CC[C@@]4(C)C(C[C@@H]5OC[C@]6(C[C@@H](C)CCO6)[C@@H](C)[C@@H]54)C3CC[C@H]2C1. The molecule has 2 aliphatic heterocycles. The van der Waals surface area contributed by atoms with E-state index in [9.17, 15) is 4.79 Å². The Bertz CT molecular complexity index is 812. The Morgan fingerprint density at radius 2 is 1.74 bits per heavy atom. The predicted molar refractivity (Wildman–Crippen MR) is 132 cm³/mol.